The van der Waals surface area contributed by atoms with Crippen molar-refractivity contribution >= 4 is 11.8 Å². The van der Waals surface area contributed by atoms with Gasteiger partial charge in [0.05, 0.1) is 5.56 Å². The van der Waals surface area contributed by atoms with E-state index in [9.17, 15) is 19.8 Å². The van der Waals surface area contributed by atoms with Crippen LogP contribution in [0.25, 0.3) is 0 Å². The first-order valence-corrected chi connectivity index (χ1v) is 5.34. The van der Waals surface area contributed by atoms with Crippen molar-refractivity contribution in [3.05, 3.63) is 23.8 Å². The quantitative estimate of drug-likeness (QED) is 0.584. The molecule has 2 amide bonds. The number of aromatic hydroxyl groups is 2. The molecular formula is C12H16N2O4. The van der Waals surface area contributed by atoms with Crippen molar-refractivity contribution < 1.29 is 19.8 Å². The van der Waals surface area contributed by atoms with E-state index in [-0.39, 0.29) is 23.5 Å². The molecule has 0 fully saturated rings. The van der Waals surface area contributed by atoms with Crippen LogP contribution in [0.15, 0.2) is 18.2 Å². The third-order valence-corrected chi connectivity index (χ3v) is 2.29. The zero-order valence-electron chi connectivity index (χ0n) is 10.2. The van der Waals surface area contributed by atoms with Gasteiger partial charge in [-0.3, -0.25) is 9.59 Å². The predicted octanol–water partition coefficient (Wildman–Crippen LogP) is 0.482. The van der Waals surface area contributed by atoms with Gasteiger partial charge < -0.3 is 21.3 Å². The Morgan fingerprint density at radius 2 is 1.94 bits per heavy atom. The van der Waals surface area contributed by atoms with Crippen molar-refractivity contribution in [1.82, 2.24) is 5.32 Å². The first-order chi connectivity index (χ1) is 8.21. The van der Waals surface area contributed by atoms with Crippen LogP contribution in [0.1, 0.15) is 30.6 Å². The van der Waals surface area contributed by atoms with E-state index in [0.29, 0.717) is 0 Å². The van der Waals surface area contributed by atoms with E-state index in [2.05, 4.69) is 5.32 Å². The van der Waals surface area contributed by atoms with Gasteiger partial charge in [0.2, 0.25) is 5.91 Å². The Bertz CT molecular complexity index is 483. The highest BCUT2D eigenvalue weighted by atomic mass is 16.3. The summed E-state index contributed by atoms with van der Waals surface area (Å²) in [5, 5.41) is 21.3. The maximum Gasteiger partial charge on any atom is 0.255 e. The molecule has 0 saturated carbocycles. The fourth-order valence-corrected chi connectivity index (χ4v) is 1.56. The molecule has 0 spiro atoms. The normalized spacial score (nSPS) is 11.0. The summed E-state index contributed by atoms with van der Waals surface area (Å²) in [6.07, 6.45) is -0.0294. The largest absolute Gasteiger partial charge is 0.508 e. The fourth-order valence-electron chi connectivity index (χ4n) is 1.56. The Kier molecular flexibility index (Phi) is 3.80. The lowest BCUT2D eigenvalue weighted by atomic mass is 9.99. The summed E-state index contributed by atoms with van der Waals surface area (Å²) >= 11 is 0. The van der Waals surface area contributed by atoms with E-state index in [4.69, 9.17) is 5.73 Å². The van der Waals surface area contributed by atoms with E-state index in [0.717, 1.165) is 6.07 Å². The second-order valence-electron chi connectivity index (χ2n) is 4.68. The lowest BCUT2D eigenvalue weighted by molar-refractivity contribution is -0.119. The molecule has 18 heavy (non-hydrogen) atoms. The molecule has 0 aliphatic heterocycles. The van der Waals surface area contributed by atoms with Gasteiger partial charge in [-0.1, -0.05) is 0 Å². The Morgan fingerprint density at radius 1 is 1.33 bits per heavy atom. The zero-order valence-corrected chi connectivity index (χ0v) is 10.2. The molecular weight excluding hydrogens is 236 g/mol. The van der Waals surface area contributed by atoms with Gasteiger partial charge in [0, 0.05) is 12.0 Å². The number of phenolic OH excluding ortho intramolecular Hbond substituents is 2. The van der Waals surface area contributed by atoms with E-state index < -0.39 is 17.4 Å². The van der Waals surface area contributed by atoms with Gasteiger partial charge in [-0.15, -0.1) is 0 Å². The van der Waals surface area contributed by atoms with E-state index >= 15 is 0 Å². The molecule has 5 N–H and O–H groups in total. The molecule has 0 unspecified atom stereocenters. The number of phenols is 2. The molecule has 0 aliphatic rings. The predicted molar refractivity (Wildman–Crippen MR) is 65.1 cm³/mol. The maximum atomic E-state index is 11.9. The smallest absolute Gasteiger partial charge is 0.255 e. The molecule has 0 saturated heterocycles. The average molecular weight is 252 g/mol. The van der Waals surface area contributed by atoms with Crippen molar-refractivity contribution in [2.24, 2.45) is 5.73 Å². The number of hydrogen-bond donors (Lipinski definition) is 4. The number of carbonyl (C=O) groups is 2. The molecule has 1 aromatic carbocycles. The van der Waals surface area contributed by atoms with Crippen LogP contribution in [0.2, 0.25) is 0 Å². The first-order valence-electron chi connectivity index (χ1n) is 5.34. The third kappa shape index (κ3) is 3.65. The lowest BCUT2D eigenvalue weighted by Gasteiger charge is -2.24. The minimum Gasteiger partial charge on any atom is -0.508 e. The van der Waals surface area contributed by atoms with Crippen molar-refractivity contribution in [2.45, 2.75) is 25.8 Å². The molecule has 0 heterocycles. The SMILES string of the molecule is CC(C)(CC(N)=O)NC(=O)c1cc(O)ccc1O. The molecule has 0 bridgehead atoms. The van der Waals surface area contributed by atoms with Crippen LogP contribution in [0.3, 0.4) is 0 Å². The van der Waals surface area contributed by atoms with Crippen molar-refractivity contribution in [2.75, 3.05) is 0 Å². The molecule has 0 aliphatic carbocycles. The molecule has 1 rings (SSSR count). The number of hydrogen-bond acceptors (Lipinski definition) is 4. The van der Waals surface area contributed by atoms with Crippen molar-refractivity contribution in [1.29, 1.82) is 0 Å². The molecule has 6 heteroatoms. The summed E-state index contributed by atoms with van der Waals surface area (Å²) < 4.78 is 0. The van der Waals surface area contributed by atoms with Gasteiger partial charge in [0.1, 0.15) is 11.5 Å². The maximum absolute atomic E-state index is 11.9. The summed E-state index contributed by atoms with van der Waals surface area (Å²) in [6, 6.07) is 3.62. The van der Waals surface area contributed by atoms with Gasteiger partial charge in [0.15, 0.2) is 0 Å². The van der Waals surface area contributed by atoms with Crippen LogP contribution in [0, 0.1) is 0 Å². The summed E-state index contributed by atoms with van der Waals surface area (Å²) in [5.41, 5.74) is 4.17. The molecule has 6 nitrogen and oxygen atoms in total. The van der Waals surface area contributed by atoms with Gasteiger partial charge >= 0.3 is 0 Å². The molecule has 0 radical (unpaired) electrons. The number of nitrogens with two attached hydrogens (primary N) is 1. The third-order valence-electron chi connectivity index (χ3n) is 2.29. The number of primary amides is 1. The topological polar surface area (TPSA) is 113 Å². The van der Waals surface area contributed by atoms with Crippen LogP contribution < -0.4 is 11.1 Å². The van der Waals surface area contributed by atoms with Crippen LogP contribution >= 0.6 is 0 Å². The summed E-state index contributed by atoms with van der Waals surface area (Å²) in [7, 11) is 0. The average Bonchev–Trinajstić information content (AvgIpc) is 2.18. The molecule has 0 aromatic heterocycles. The van der Waals surface area contributed by atoms with Crippen LogP contribution in [0.4, 0.5) is 0 Å². The van der Waals surface area contributed by atoms with Crippen molar-refractivity contribution in [3.63, 3.8) is 0 Å². The van der Waals surface area contributed by atoms with Crippen LogP contribution in [-0.2, 0) is 4.79 Å². The van der Waals surface area contributed by atoms with E-state index in [1.165, 1.54) is 12.1 Å². The molecule has 0 atom stereocenters. The first kappa shape index (κ1) is 13.8. The second kappa shape index (κ2) is 4.95. The Hall–Kier alpha value is -2.24. The van der Waals surface area contributed by atoms with Gasteiger partial charge in [-0.2, -0.15) is 0 Å². The minimum absolute atomic E-state index is 0.0294. The highest BCUT2D eigenvalue weighted by Crippen LogP contribution is 2.22. The summed E-state index contributed by atoms with van der Waals surface area (Å²) in [5.74, 6) is -1.51. The number of carbonyl (C=O) groups excluding carboxylic acids is 2. The Morgan fingerprint density at radius 3 is 2.50 bits per heavy atom. The highest BCUT2D eigenvalue weighted by Gasteiger charge is 2.24. The Balaban J connectivity index is 2.88. The monoisotopic (exact) mass is 252 g/mol. The van der Waals surface area contributed by atoms with E-state index in [1.807, 2.05) is 0 Å². The second-order valence-corrected chi connectivity index (χ2v) is 4.68. The molecule has 98 valence electrons. The van der Waals surface area contributed by atoms with Gasteiger partial charge in [-0.25, -0.2) is 0 Å². The van der Waals surface area contributed by atoms with Crippen molar-refractivity contribution in [3.8, 4) is 11.5 Å². The fraction of sp³-hybridized carbons (Fsp3) is 0.333. The molecule has 1 aromatic rings. The number of amides is 2. The number of benzene rings is 1. The number of nitrogens with one attached hydrogen (secondary N) is 1. The standard InChI is InChI=1S/C12H16N2O4/c1-12(2,6-10(13)17)14-11(18)8-5-7(15)3-4-9(8)16/h3-5,15-16H,6H2,1-2H3,(H2,13,17)(H,14,18). The van der Waals surface area contributed by atoms with E-state index in [1.54, 1.807) is 13.8 Å². The van der Waals surface area contributed by atoms with Crippen LogP contribution in [0.5, 0.6) is 11.5 Å². The highest BCUT2D eigenvalue weighted by molar-refractivity contribution is 5.97. The lowest BCUT2D eigenvalue weighted by Crippen LogP contribution is -2.46. The Labute approximate surface area is 104 Å². The minimum atomic E-state index is -0.833. The summed E-state index contributed by atoms with van der Waals surface area (Å²) in [4.78, 5) is 22.7. The zero-order chi connectivity index (χ0) is 13.9. The van der Waals surface area contributed by atoms with Crippen LogP contribution in [-0.4, -0.2) is 27.6 Å². The summed E-state index contributed by atoms with van der Waals surface area (Å²) in [6.45, 7) is 3.27. The number of rotatable bonds is 4. The van der Waals surface area contributed by atoms with Gasteiger partial charge in [-0.05, 0) is 32.0 Å². The van der Waals surface area contributed by atoms with Gasteiger partial charge in [0.25, 0.3) is 5.91 Å².